The number of rotatable bonds is 4. The lowest BCUT2D eigenvalue weighted by Gasteiger charge is -2.18. The summed E-state index contributed by atoms with van der Waals surface area (Å²) < 4.78 is 7.71. The van der Waals surface area contributed by atoms with E-state index in [1.165, 1.54) is 0 Å². The van der Waals surface area contributed by atoms with Crippen molar-refractivity contribution in [2.24, 2.45) is 0 Å². The van der Waals surface area contributed by atoms with Crippen LogP contribution < -0.4 is 10.1 Å². The second-order valence-corrected chi connectivity index (χ2v) is 6.32. The minimum absolute atomic E-state index is 0.0236. The molecular weight excluding hydrogens is 302 g/mol. The van der Waals surface area contributed by atoms with Crippen LogP contribution in [-0.2, 0) is 6.54 Å². The number of nitrogens with zero attached hydrogens (tertiary/aromatic N) is 2. The quantitative estimate of drug-likeness (QED) is 0.934. The highest BCUT2D eigenvalue weighted by Gasteiger charge is 2.25. The maximum atomic E-state index is 12.9. The van der Waals surface area contributed by atoms with Gasteiger partial charge in [-0.3, -0.25) is 9.48 Å². The number of aromatic nitrogens is 2. The lowest BCUT2D eigenvalue weighted by Crippen LogP contribution is -2.29. The predicted octanol–water partition coefficient (Wildman–Crippen LogP) is 3.55. The van der Waals surface area contributed by atoms with Crippen molar-refractivity contribution in [1.82, 2.24) is 15.1 Å². The highest BCUT2D eigenvalue weighted by atomic mass is 16.5. The summed E-state index contributed by atoms with van der Waals surface area (Å²) in [7, 11) is 0. The first-order valence-electron chi connectivity index (χ1n) is 8.68. The molecule has 1 N–H and O–H groups in total. The van der Waals surface area contributed by atoms with Crippen LogP contribution in [0.3, 0.4) is 0 Å². The van der Waals surface area contributed by atoms with Crippen molar-refractivity contribution in [3.05, 3.63) is 46.8 Å². The van der Waals surface area contributed by atoms with E-state index >= 15 is 0 Å². The lowest BCUT2D eigenvalue weighted by atomic mass is 10.0. The minimum atomic E-state index is -0.0472. The molecule has 24 heavy (non-hydrogen) atoms. The zero-order valence-corrected chi connectivity index (χ0v) is 14.6. The molecular formula is C19H25N3O2. The number of fused-ring (bicyclic) bond motifs is 1. The summed E-state index contributed by atoms with van der Waals surface area (Å²) in [6, 6.07) is 7.93. The Balaban J connectivity index is 1.85. The van der Waals surface area contributed by atoms with Gasteiger partial charge in [-0.25, -0.2) is 0 Å². The van der Waals surface area contributed by atoms with Crippen LogP contribution in [0.4, 0.5) is 0 Å². The van der Waals surface area contributed by atoms with Gasteiger partial charge in [0.2, 0.25) is 0 Å². The van der Waals surface area contributed by atoms with Crippen LogP contribution >= 0.6 is 0 Å². The smallest absolute Gasteiger partial charge is 0.255 e. The molecule has 2 aromatic rings. The molecule has 5 heteroatoms. The first-order valence-corrected chi connectivity index (χ1v) is 8.68. The number of hydrogen-bond donors (Lipinski definition) is 1. The summed E-state index contributed by atoms with van der Waals surface area (Å²) in [6.07, 6.45) is 2.80. The van der Waals surface area contributed by atoms with Crippen molar-refractivity contribution in [1.29, 1.82) is 0 Å². The molecule has 0 spiro atoms. The third-order valence-electron chi connectivity index (χ3n) is 4.54. The molecule has 0 saturated carbocycles. The number of ether oxygens (including phenoxy) is 1. The van der Waals surface area contributed by atoms with E-state index in [0.29, 0.717) is 12.2 Å². The fraction of sp³-hybridized carbons (Fsp3) is 0.474. The Hall–Kier alpha value is -2.30. The number of benzene rings is 1. The van der Waals surface area contributed by atoms with Gasteiger partial charge in [-0.05, 0) is 39.2 Å². The molecule has 1 amide bonds. The van der Waals surface area contributed by atoms with E-state index in [2.05, 4.69) is 17.3 Å². The fourth-order valence-electron chi connectivity index (χ4n) is 3.36. The molecule has 1 aromatic heterocycles. The van der Waals surface area contributed by atoms with Crippen molar-refractivity contribution < 1.29 is 9.53 Å². The molecule has 0 bridgehead atoms. The van der Waals surface area contributed by atoms with Crippen molar-refractivity contribution in [3.8, 4) is 5.75 Å². The zero-order chi connectivity index (χ0) is 17.1. The highest BCUT2D eigenvalue weighted by molar-refractivity contribution is 5.96. The maximum absolute atomic E-state index is 12.9. The third kappa shape index (κ3) is 3.16. The van der Waals surface area contributed by atoms with E-state index in [9.17, 15) is 4.79 Å². The Bertz CT molecular complexity index is 736. The number of amides is 1. The van der Waals surface area contributed by atoms with Gasteiger partial charge in [0.1, 0.15) is 5.75 Å². The summed E-state index contributed by atoms with van der Waals surface area (Å²) in [4.78, 5) is 12.9. The standard InChI is InChI=1S/C19H25N3O2/c1-4-11-22-14(3)18(13(2)21-22)19(23)20-16-9-7-12-24-17-10-6-5-8-15(16)17/h5-6,8,10,16H,4,7,9,11-12H2,1-3H3,(H,20,23). The van der Waals surface area contributed by atoms with Crippen molar-refractivity contribution in [2.45, 2.75) is 52.6 Å². The first-order chi connectivity index (χ1) is 11.6. The van der Waals surface area contributed by atoms with Crippen molar-refractivity contribution in [2.75, 3.05) is 6.61 Å². The molecule has 5 nitrogen and oxygen atoms in total. The van der Waals surface area contributed by atoms with Gasteiger partial charge in [-0.15, -0.1) is 0 Å². The van der Waals surface area contributed by atoms with E-state index in [1.54, 1.807) is 0 Å². The maximum Gasteiger partial charge on any atom is 0.255 e. The normalized spacial score (nSPS) is 16.9. The summed E-state index contributed by atoms with van der Waals surface area (Å²) in [5.74, 6) is 0.824. The van der Waals surface area contributed by atoms with Gasteiger partial charge in [0.15, 0.2) is 0 Å². The summed E-state index contributed by atoms with van der Waals surface area (Å²) in [5, 5.41) is 7.70. The minimum Gasteiger partial charge on any atom is -0.493 e. The van der Waals surface area contributed by atoms with Gasteiger partial charge in [0.25, 0.3) is 5.91 Å². The highest BCUT2D eigenvalue weighted by Crippen LogP contribution is 2.31. The number of hydrogen-bond acceptors (Lipinski definition) is 3. The van der Waals surface area contributed by atoms with Crippen LogP contribution in [0, 0.1) is 13.8 Å². The fourth-order valence-corrected chi connectivity index (χ4v) is 3.36. The molecule has 1 aliphatic rings. The number of carbonyl (C=O) groups is 1. The largest absolute Gasteiger partial charge is 0.493 e. The first kappa shape index (κ1) is 16.6. The van der Waals surface area contributed by atoms with Crippen LogP contribution in [0.15, 0.2) is 24.3 Å². The summed E-state index contributed by atoms with van der Waals surface area (Å²) in [5.41, 5.74) is 3.48. The van der Waals surface area contributed by atoms with E-state index in [-0.39, 0.29) is 11.9 Å². The molecule has 1 aliphatic heterocycles. The summed E-state index contributed by atoms with van der Waals surface area (Å²) >= 11 is 0. The second kappa shape index (κ2) is 7.07. The second-order valence-electron chi connectivity index (χ2n) is 6.32. The average Bonchev–Trinajstić information content (AvgIpc) is 2.73. The monoisotopic (exact) mass is 327 g/mol. The molecule has 0 radical (unpaired) electrons. The SMILES string of the molecule is CCCn1nc(C)c(C(=O)NC2CCCOc3ccccc32)c1C. The van der Waals surface area contributed by atoms with Gasteiger partial charge in [0, 0.05) is 17.8 Å². The number of nitrogens with one attached hydrogen (secondary N) is 1. The van der Waals surface area contributed by atoms with E-state index < -0.39 is 0 Å². The van der Waals surface area contributed by atoms with Gasteiger partial charge >= 0.3 is 0 Å². The Morgan fingerprint density at radius 3 is 2.96 bits per heavy atom. The number of para-hydroxylation sites is 1. The van der Waals surface area contributed by atoms with Gasteiger partial charge < -0.3 is 10.1 Å². The van der Waals surface area contributed by atoms with Crippen LogP contribution in [0.5, 0.6) is 5.75 Å². The Kier molecular flexibility index (Phi) is 4.88. The molecule has 0 fully saturated rings. The van der Waals surface area contributed by atoms with Gasteiger partial charge in [0.05, 0.1) is 23.9 Å². The Morgan fingerprint density at radius 2 is 2.17 bits per heavy atom. The third-order valence-corrected chi connectivity index (χ3v) is 4.54. The number of carbonyl (C=O) groups excluding carboxylic acids is 1. The summed E-state index contributed by atoms with van der Waals surface area (Å²) in [6.45, 7) is 7.50. The van der Waals surface area contributed by atoms with Crippen LogP contribution in [0.2, 0.25) is 0 Å². The van der Waals surface area contributed by atoms with Gasteiger partial charge in [-0.1, -0.05) is 25.1 Å². The van der Waals surface area contributed by atoms with E-state index in [0.717, 1.165) is 48.5 Å². The predicted molar refractivity (Wildman–Crippen MR) is 93.4 cm³/mol. The zero-order valence-electron chi connectivity index (χ0n) is 14.6. The van der Waals surface area contributed by atoms with Crippen LogP contribution in [-0.4, -0.2) is 22.3 Å². The van der Waals surface area contributed by atoms with E-state index in [1.807, 2.05) is 42.8 Å². The molecule has 128 valence electrons. The average molecular weight is 327 g/mol. The Labute approximate surface area is 143 Å². The molecule has 0 saturated heterocycles. The van der Waals surface area contributed by atoms with Crippen molar-refractivity contribution in [3.63, 3.8) is 0 Å². The number of aryl methyl sites for hydroxylation is 2. The molecule has 0 aliphatic carbocycles. The van der Waals surface area contributed by atoms with Crippen LogP contribution in [0.25, 0.3) is 0 Å². The van der Waals surface area contributed by atoms with Crippen molar-refractivity contribution >= 4 is 5.91 Å². The molecule has 3 rings (SSSR count). The molecule has 2 heterocycles. The Morgan fingerprint density at radius 1 is 1.38 bits per heavy atom. The van der Waals surface area contributed by atoms with Gasteiger partial charge in [-0.2, -0.15) is 5.10 Å². The van der Waals surface area contributed by atoms with Crippen LogP contribution in [0.1, 0.15) is 59.5 Å². The molecule has 1 atom stereocenters. The van der Waals surface area contributed by atoms with E-state index in [4.69, 9.17) is 4.74 Å². The molecule has 1 unspecified atom stereocenters. The topological polar surface area (TPSA) is 56.2 Å². The molecule has 1 aromatic carbocycles. The lowest BCUT2D eigenvalue weighted by molar-refractivity contribution is 0.0933.